The summed E-state index contributed by atoms with van der Waals surface area (Å²) < 4.78 is 5.35. The van der Waals surface area contributed by atoms with Gasteiger partial charge in [0.15, 0.2) is 0 Å². The van der Waals surface area contributed by atoms with Gasteiger partial charge in [-0.25, -0.2) is 4.79 Å². The van der Waals surface area contributed by atoms with Crippen molar-refractivity contribution in [3.63, 3.8) is 0 Å². The fourth-order valence-corrected chi connectivity index (χ4v) is 2.97. The molecule has 134 valence electrons. The van der Waals surface area contributed by atoms with Crippen LogP contribution in [0.5, 0.6) is 0 Å². The molecule has 2 rings (SSSR count). The molecule has 1 saturated heterocycles. The molecule has 0 unspecified atom stereocenters. The largest absolute Gasteiger partial charge is 0.444 e. The van der Waals surface area contributed by atoms with Gasteiger partial charge in [-0.3, -0.25) is 0 Å². The summed E-state index contributed by atoms with van der Waals surface area (Å²) in [7, 11) is 0. The molecule has 5 heteroatoms. The van der Waals surface area contributed by atoms with Gasteiger partial charge < -0.3 is 20.1 Å². The number of nitrogens with one attached hydrogen (secondary N) is 1. The Morgan fingerprint density at radius 1 is 1.25 bits per heavy atom. The fraction of sp³-hybridized carbons (Fsp3) is 0.632. The molecule has 0 bridgehead atoms. The molecule has 0 radical (unpaired) electrons. The number of aliphatic hydroxyl groups excluding tert-OH is 1. The maximum Gasteiger partial charge on any atom is 0.407 e. The molecule has 1 aromatic rings. The molecule has 0 aliphatic carbocycles. The van der Waals surface area contributed by atoms with Gasteiger partial charge in [-0.15, -0.1) is 0 Å². The Morgan fingerprint density at radius 2 is 1.88 bits per heavy atom. The van der Waals surface area contributed by atoms with Crippen molar-refractivity contribution in [3.8, 4) is 0 Å². The molecule has 1 heterocycles. The highest BCUT2D eigenvalue weighted by atomic mass is 16.6. The summed E-state index contributed by atoms with van der Waals surface area (Å²) in [5.74, 6) is 0. The lowest BCUT2D eigenvalue weighted by Gasteiger charge is -2.29. The second-order valence-corrected chi connectivity index (χ2v) is 7.52. The van der Waals surface area contributed by atoms with Gasteiger partial charge in [0.05, 0.1) is 12.1 Å². The van der Waals surface area contributed by atoms with Crippen molar-refractivity contribution < 1.29 is 14.6 Å². The van der Waals surface area contributed by atoms with E-state index in [9.17, 15) is 9.90 Å². The summed E-state index contributed by atoms with van der Waals surface area (Å²) in [6, 6.07) is 9.53. The molecule has 24 heavy (non-hydrogen) atoms. The minimum absolute atomic E-state index is 0.372. The van der Waals surface area contributed by atoms with E-state index in [1.54, 1.807) is 0 Å². The summed E-state index contributed by atoms with van der Waals surface area (Å²) in [6.45, 7) is 8.11. The first kappa shape index (κ1) is 18.7. The Morgan fingerprint density at radius 3 is 2.46 bits per heavy atom. The molecule has 1 fully saturated rings. The summed E-state index contributed by atoms with van der Waals surface area (Å²) in [5.41, 5.74) is 0.528. The lowest BCUT2D eigenvalue weighted by Crippen LogP contribution is -2.50. The smallest absolute Gasteiger partial charge is 0.407 e. The second-order valence-electron chi connectivity index (χ2n) is 7.52. The van der Waals surface area contributed by atoms with Crippen LogP contribution >= 0.6 is 0 Å². The van der Waals surface area contributed by atoms with Crippen LogP contribution < -0.4 is 5.32 Å². The molecule has 1 aliphatic heterocycles. The van der Waals surface area contributed by atoms with Crippen molar-refractivity contribution in [3.05, 3.63) is 35.9 Å². The topological polar surface area (TPSA) is 61.8 Å². The standard InChI is InChI=1S/C19H30N2O3/c1-19(2,3)24-18(23)20-16(13-15-9-5-4-6-10-15)17(22)14-21-11-7-8-12-21/h4-6,9-10,16-17,22H,7-8,11-14H2,1-3H3,(H,20,23)/t16-,17-/m1/s1. The maximum atomic E-state index is 12.1. The van der Waals surface area contributed by atoms with E-state index in [4.69, 9.17) is 4.74 Å². The van der Waals surface area contributed by atoms with Gasteiger partial charge in [-0.2, -0.15) is 0 Å². The zero-order valence-corrected chi connectivity index (χ0v) is 15.0. The molecule has 0 saturated carbocycles. The van der Waals surface area contributed by atoms with Gasteiger partial charge in [0.1, 0.15) is 5.60 Å². The highest BCUT2D eigenvalue weighted by Crippen LogP contribution is 2.13. The van der Waals surface area contributed by atoms with Crippen LogP contribution in [0, 0.1) is 0 Å². The van der Waals surface area contributed by atoms with Gasteiger partial charge in [0.2, 0.25) is 0 Å². The second kappa shape index (κ2) is 8.49. The molecule has 1 aromatic carbocycles. The van der Waals surface area contributed by atoms with Crippen LogP contribution in [0.2, 0.25) is 0 Å². The molecule has 2 N–H and O–H groups in total. The Labute approximate surface area is 145 Å². The highest BCUT2D eigenvalue weighted by Gasteiger charge is 2.27. The van der Waals surface area contributed by atoms with Crippen LogP contribution in [0.3, 0.4) is 0 Å². The number of ether oxygens (including phenoxy) is 1. The number of rotatable bonds is 6. The normalized spacial score (nSPS) is 18.2. The molecule has 1 aliphatic rings. The number of alkyl carbamates (subject to hydrolysis) is 1. The minimum Gasteiger partial charge on any atom is -0.444 e. The Kier molecular flexibility index (Phi) is 6.63. The van der Waals surface area contributed by atoms with Crippen molar-refractivity contribution in [2.75, 3.05) is 19.6 Å². The number of likely N-dealkylation sites (tertiary alicyclic amines) is 1. The summed E-state index contributed by atoms with van der Waals surface area (Å²) >= 11 is 0. The fourth-order valence-electron chi connectivity index (χ4n) is 2.97. The molecule has 0 aromatic heterocycles. The summed E-state index contributed by atoms with van der Waals surface area (Å²) in [5, 5.41) is 13.5. The number of benzene rings is 1. The van der Waals surface area contributed by atoms with Gasteiger partial charge in [0, 0.05) is 6.54 Å². The lowest BCUT2D eigenvalue weighted by atomic mass is 10.0. The number of hydrogen-bond acceptors (Lipinski definition) is 4. The number of carbonyl (C=O) groups excluding carboxylic acids is 1. The molecular formula is C19H30N2O3. The highest BCUT2D eigenvalue weighted by molar-refractivity contribution is 5.68. The predicted molar refractivity (Wildman–Crippen MR) is 95.0 cm³/mol. The zero-order valence-electron chi connectivity index (χ0n) is 15.0. The predicted octanol–water partition coefficient (Wildman–Crippen LogP) is 2.58. The lowest BCUT2D eigenvalue weighted by molar-refractivity contribution is 0.0379. The van der Waals surface area contributed by atoms with E-state index >= 15 is 0 Å². The van der Waals surface area contributed by atoms with Crippen LogP contribution in [0.15, 0.2) is 30.3 Å². The monoisotopic (exact) mass is 334 g/mol. The molecular weight excluding hydrogens is 304 g/mol. The number of amides is 1. The average molecular weight is 334 g/mol. The van der Waals surface area contributed by atoms with Gasteiger partial charge >= 0.3 is 6.09 Å². The third-order valence-electron chi connectivity index (χ3n) is 4.11. The quantitative estimate of drug-likeness (QED) is 0.839. The number of nitrogens with zero attached hydrogens (tertiary/aromatic N) is 1. The van der Waals surface area contributed by atoms with E-state index in [1.807, 2.05) is 51.1 Å². The van der Waals surface area contributed by atoms with Crippen molar-refractivity contribution in [2.24, 2.45) is 0 Å². The van der Waals surface area contributed by atoms with E-state index in [-0.39, 0.29) is 6.04 Å². The van der Waals surface area contributed by atoms with E-state index < -0.39 is 17.8 Å². The SMILES string of the molecule is CC(C)(C)OC(=O)N[C@H](Cc1ccccc1)[C@H](O)CN1CCCC1. The maximum absolute atomic E-state index is 12.1. The van der Waals surface area contributed by atoms with E-state index in [1.165, 1.54) is 12.8 Å². The Hall–Kier alpha value is -1.59. The Bertz CT molecular complexity index is 507. The molecule has 1 amide bonds. The first-order chi connectivity index (χ1) is 11.3. The van der Waals surface area contributed by atoms with Crippen molar-refractivity contribution in [1.82, 2.24) is 10.2 Å². The van der Waals surface area contributed by atoms with Gasteiger partial charge in [0.25, 0.3) is 0 Å². The van der Waals surface area contributed by atoms with E-state index in [0.29, 0.717) is 13.0 Å². The van der Waals surface area contributed by atoms with Crippen LogP contribution in [0.1, 0.15) is 39.2 Å². The van der Waals surface area contributed by atoms with Crippen molar-refractivity contribution >= 4 is 6.09 Å². The van der Waals surface area contributed by atoms with Crippen molar-refractivity contribution in [2.45, 2.75) is 57.8 Å². The van der Waals surface area contributed by atoms with Crippen LogP contribution in [-0.2, 0) is 11.2 Å². The van der Waals surface area contributed by atoms with Crippen molar-refractivity contribution in [1.29, 1.82) is 0 Å². The van der Waals surface area contributed by atoms with Crippen LogP contribution in [0.25, 0.3) is 0 Å². The first-order valence-electron chi connectivity index (χ1n) is 8.77. The summed E-state index contributed by atoms with van der Waals surface area (Å²) in [6.07, 6.45) is 1.82. The molecule has 2 atom stereocenters. The van der Waals surface area contributed by atoms with Crippen LogP contribution in [0.4, 0.5) is 4.79 Å². The zero-order chi connectivity index (χ0) is 17.6. The Balaban J connectivity index is 2.00. The number of carbonyl (C=O) groups is 1. The number of β-amino-alcohol motifs (C(OH)–C–C–N with tert-alkyl or cyclic N) is 1. The van der Waals surface area contributed by atoms with E-state index in [2.05, 4.69) is 10.2 Å². The third-order valence-corrected chi connectivity index (χ3v) is 4.11. The van der Waals surface area contributed by atoms with Gasteiger partial charge in [-0.05, 0) is 58.7 Å². The number of aliphatic hydroxyl groups is 1. The summed E-state index contributed by atoms with van der Waals surface area (Å²) in [4.78, 5) is 14.4. The molecule has 0 spiro atoms. The van der Waals surface area contributed by atoms with E-state index in [0.717, 1.165) is 18.7 Å². The average Bonchev–Trinajstić information content (AvgIpc) is 2.98. The van der Waals surface area contributed by atoms with Gasteiger partial charge in [-0.1, -0.05) is 30.3 Å². The first-order valence-corrected chi connectivity index (χ1v) is 8.77. The number of hydrogen-bond donors (Lipinski definition) is 2. The third kappa shape index (κ3) is 6.49. The molecule has 5 nitrogen and oxygen atoms in total. The van der Waals surface area contributed by atoms with Crippen LogP contribution in [-0.4, -0.2) is 53.5 Å². The minimum atomic E-state index is -0.629.